The van der Waals surface area contributed by atoms with E-state index in [0.717, 1.165) is 18.7 Å². The van der Waals surface area contributed by atoms with Crippen LogP contribution in [0.25, 0.3) is 0 Å². The molecule has 1 heterocycles. The summed E-state index contributed by atoms with van der Waals surface area (Å²) in [7, 11) is 2.03. The number of pyridine rings is 1. The third-order valence-electron chi connectivity index (χ3n) is 2.49. The van der Waals surface area contributed by atoms with E-state index in [2.05, 4.69) is 22.1 Å². The fourth-order valence-electron chi connectivity index (χ4n) is 1.40. The van der Waals surface area contributed by atoms with Gasteiger partial charge in [-0.2, -0.15) is 0 Å². The summed E-state index contributed by atoms with van der Waals surface area (Å²) in [5, 5.41) is 2.61. The molecule has 1 aromatic rings. The first-order valence-corrected chi connectivity index (χ1v) is 5.84. The topological polar surface area (TPSA) is 71.2 Å². The van der Waals surface area contributed by atoms with Crippen molar-refractivity contribution < 1.29 is 4.79 Å². The van der Waals surface area contributed by atoms with Crippen molar-refractivity contribution in [3.63, 3.8) is 0 Å². The number of hydrogen-bond acceptors (Lipinski definition) is 4. The minimum Gasteiger partial charge on any atom is -0.373 e. The highest BCUT2D eigenvalue weighted by molar-refractivity contribution is 5.91. The minimum atomic E-state index is -0.232. The Hall–Kier alpha value is -1.62. The Balaban J connectivity index is 2.57. The predicted molar refractivity (Wildman–Crippen MR) is 70.1 cm³/mol. The fraction of sp³-hybridized carbons (Fsp3) is 0.500. The van der Waals surface area contributed by atoms with Crippen LogP contribution in [0.5, 0.6) is 0 Å². The molecule has 94 valence electrons. The average molecular weight is 236 g/mol. The van der Waals surface area contributed by atoms with E-state index >= 15 is 0 Å². The summed E-state index contributed by atoms with van der Waals surface area (Å²) in [6, 6.07) is 3.72. The molecule has 17 heavy (non-hydrogen) atoms. The van der Waals surface area contributed by atoms with Gasteiger partial charge in [-0.1, -0.05) is 13.3 Å². The van der Waals surface area contributed by atoms with Crippen LogP contribution < -0.4 is 16.0 Å². The van der Waals surface area contributed by atoms with Gasteiger partial charge in [0.25, 0.3) is 0 Å². The predicted octanol–water partition coefficient (Wildman–Crippen LogP) is 1.22. The van der Waals surface area contributed by atoms with Gasteiger partial charge in [0, 0.05) is 13.6 Å². The number of anilines is 2. The van der Waals surface area contributed by atoms with Crippen molar-refractivity contribution in [2.45, 2.75) is 19.8 Å². The number of hydrogen-bond donors (Lipinski definition) is 2. The van der Waals surface area contributed by atoms with E-state index < -0.39 is 0 Å². The zero-order valence-electron chi connectivity index (χ0n) is 10.4. The molecule has 0 bridgehead atoms. The largest absolute Gasteiger partial charge is 0.373 e. The van der Waals surface area contributed by atoms with Crippen LogP contribution in [0.4, 0.5) is 11.5 Å². The summed E-state index contributed by atoms with van der Waals surface area (Å²) in [6.07, 6.45) is 4.08. The minimum absolute atomic E-state index is 0.0279. The highest BCUT2D eigenvalue weighted by Crippen LogP contribution is 2.14. The second-order valence-electron chi connectivity index (χ2n) is 3.93. The Labute approximate surface area is 102 Å². The number of carbonyl (C=O) groups excluding carboxylic acids is 1. The van der Waals surface area contributed by atoms with Gasteiger partial charge in [0.2, 0.25) is 5.91 Å². The van der Waals surface area contributed by atoms with Crippen molar-refractivity contribution in [3.05, 3.63) is 18.3 Å². The van der Waals surface area contributed by atoms with Gasteiger partial charge >= 0.3 is 0 Å². The van der Waals surface area contributed by atoms with Crippen LogP contribution in [-0.4, -0.2) is 31.0 Å². The molecule has 5 heteroatoms. The van der Waals surface area contributed by atoms with E-state index in [-0.39, 0.29) is 12.5 Å². The molecule has 0 saturated carbocycles. The molecule has 1 rings (SSSR count). The molecule has 1 aromatic heterocycles. The Kier molecular flexibility index (Phi) is 5.42. The van der Waals surface area contributed by atoms with Crippen molar-refractivity contribution >= 4 is 17.4 Å². The Bertz CT molecular complexity index is 350. The lowest BCUT2D eigenvalue weighted by molar-refractivity contribution is -0.114. The monoisotopic (exact) mass is 236 g/mol. The Morgan fingerprint density at radius 3 is 2.82 bits per heavy atom. The van der Waals surface area contributed by atoms with Crippen LogP contribution in [0.1, 0.15) is 19.8 Å². The molecular formula is C12H20N4O. The molecule has 0 atom stereocenters. The molecule has 0 radical (unpaired) electrons. The van der Waals surface area contributed by atoms with E-state index in [0.29, 0.717) is 5.82 Å². The SMILES string of the molecule is CCCCN(C)c1ccc(NC(=O)CN)nc1. The molecule has 0 aliphatic rings. The van der Waals surface area contributed by atoms with Crippen LogP contribution in [0.15, 0.2) is 18.3 Å². The van der Waals surface area contributed by atoms with Crippen LogP contribution >= 0.6 is 0 Å². The fourth-order valence-corrected chi connectivity index (χ4v) is 1.40. The molecule has 0 fully saturated rings. The zero-order chi connectivity index (χ0) is 12.7. The molecule has 3 N–H and O–H groups in total. The van der Waals surface area contributed by atoms with Crippen molar-refractivity contribution in [3.8, 4) is 0 Å². The van der Waals surface area contributed by atoms with Gasteiger partial charge in [-0.15, -0.1) is 0 Å². The van der Waals surface area contributed by atoms with Gasteiger partial charge in [0.05, 0.1) is 18.4 Å². The highest BCUT2D eigenvalue weighted by Gasteiger charge is 2.03. The normalized spacial score (nSPS) is 10.1. The zero-order valence-corrected chi connectivity index (χ0v) is 10.4. The number of amides is 1. The number of unbranched alkanes of at least 4 members (excludes halogenated alkanes) is 1. The summed E-state index contributed by atoms with van der Waals surface area (Å²) in [5.74, 6) is 0.303. The third-order valence-corrected chi connectivity index (χ3v) is 2.49. The second-order valence-corrected chi connectivity index (χ2v) is 3.93. The highest BCUT2D eigenvalue weighted by atomic mass is 16.1. The van der Waals surface area contributed by atoms with Crippen LogP contribution in [0.3, 0.4) is 0 Å². The summed E-state index contributed by atoms with van der Waals surface area (Å²) in [6.45, 7) is 3.14. The molecule has 1 amide bonds. The van der Waals surface area contributed by atoms with Gasteiger partial charge in [0.15, 0.2) is 0 Å². The smallest absolute Gasteiger partial charge is 0.239 e. The standard InChI is InChI=1S/C12H20N4O/c1-3-4-7-16(2)10-5-6-11(14-9-10)15-12(17)8-13/h5-6,9H,3-4,7-8,13H2,1-2H3,(H,14,15,17). The first-order chi connectivity index (χ1) is 8.17. The number of nitrogens with two attached hydrogens (primary N) is 1. The van der Waals surface area contributed by atoms with Gasteiger partial charge in [-0.25, -0.2) is 4.98 Å². The maximum atomic E-state index is 11.1. The molecule has 5 nitrogen and oxygen atoms in total. The number of nitrogens with one attached hydrogen (secondary N) is 1. The van der Waals surface area contributed by atoms with E-state index in [1.165, 1.54) is 6.42 Å². The first-order valence-electron chi connectivity index (χ1n) is 5.84. The molecule has 0 spiro atoms. The quantitative estimate of drug-likeness (QED) is 0.779. The summed E-state index contributed by atoms with van der Waals surface area (Å²) in [4.78, 5) is 17.4. The molecular weight excluding hydrogens is 216 g/mol. The lowest BCUT2D eigenvalue weighted by Gasteiger charge is -2.18. The maximum Gasteiger partial charge on any atom is 0.239 e. The van der Waals surface area contributed by atoms with Crippen molar-refractivity contribution in [2.75, 3.05) is 30.4 Å². The number of carbonyl (C=O) groups is 1. The first kappa shape index (κ1) is 13.4. The van der Waals surface area contributed by atoms with Gasteiger partial charge in [-0.05, 0) is 18.6 Å². The second kappa shape index (κ2) is 6.85. The molecule has 0 aliphatic carbocycles. The molecule has 0 aliphatic heterocycles. The van der Waals surface area contributed by atoms with Crippen molar-refractivity contribution in [1.29, 1.82) is 0 Å². The van der Waals surface area contributed by atoms with Gasteiger partial charge < -0.3 is 16.0 Å². The summed E-state index contributed by atoms with van der Waals surface area (Å²) >= 11 is 0. The van der Waals surface area contributed by atoms with E-state index in [4.69, 9.17) is 5.73 Å². The maximum absolute atomic E-state index is 11.1. The van der Waals surface area contributed by atoms with Gasteiger partial charge in [-0.3, -0.25) is 4.79 Å². The third kappa shape index (κ3) is 4.40. The van der Waals surface area contributed by atoms with Crippen LogP contribution in [0, 0.1) is 0 Å². The Morgan fingerprint density at radius 1 is 1.53 bits per heavy atom. The average Bonchev–Trinajstić information content (AvgIpc) is 2.36. The Morgan fingerprint density at radius 2 is 2.29 bits per heavy atom. The molecule has 0 unspecified atom stereocenters. The van der Waals surface area contributed by atoms with Crippen molar-refractivity contribution in [2.24, 2.45) is 5.73 Å². The lowest BCUT2D eigenvalue weighted by atomic mass is 10.3. The van der Waals surface area contributed by atoms with E-state index in [1.54, 1.807) is 12.3 Å². The van der Waals surface area contributed by atoms with Crippen molar-refractivity contribution in [1.82, 2.24) is 4.98 Å². The number of aromatic nitrogens is 1. The van der Waals surface area contributed by atoms with Crippen LogP contribution in [-0.2, 0) is 4.79 Å². The van der Waals surface area contributed by atoms with E-state index in [9.17, 15) is 4.79 Å². The summed E-state index contributed by atoms with van der Waals surface area (Å²) in [5.41, 5.74) is 6.25. The summed E-state index contributed by atoms with van der Waals surface area (Å²) < 4.78 is 0. The number of nitrogens with zero attached hydrogens (tertiary/aromatic N) is 2. The van der Waals surface area contributed by atoms with Gasteiger partial charge in [0.1, 0.15) is 5.82 Å². The lowest BCUT2D eigenvalue weighted by Crippen LogP contribution is -2.22. The molecule has 0 saturated heterocycles. The number of rotatable bonds is 6. The van der Waals surface area contributed by atoms with E-state index in [1.807, 2.05) is 13.1 Å². The molecule has 0 aromatic carbocycles. The van der Waals surface area contributed by atoms with Crippen LogP contribution in [0.2, 0.25) is 0 Å².